The van der Waals surface area contributed by atoms with Crippen LogP contribution in [0.5, 0.6) is 0 Å². The van der Waals surface area contributed by atoms with Gasteiger partial charge in [0.2, 0.25) is 0 Å². The molecule has 2 N–H and O–H groups in total. The third-order valence-corrected chi connectivity index (χ3v) is 2.85. The number of nitrogens with two attached hydrogens (primary N) is 1. The van der Waals surface area contributed by atoms with E-state index in [1.54, 1.807) is 24.3 Å². The highest BCUT2D eigenvalue weighted by atomic mass is 19.4. The van der Waals surface area contributed by atoms with Gasteiger partial charge < -0.3 is 5.73 Å². The molecule has 0 spiro atoms. The number of hydrogen-bond donors (Lipinski definition) is 1. The average molecular weight is 287 g/mol. The summed E-state index contributed by atoms with van der Waals surface area (Å²) in [5.74, 6) is -4.85. The highest BCUT2D eigenvalue weighted by Gasteiger charge is 2.58. The molecule has 0 unspecified atom stereocenters. The van der Waals surface area contributed by atoms with E-state index < -0.39 is 17.7 Å². The quantitative estimate of drug-likeness (QED) is 0.634. The second kappa shape index (κ2) is 4.77. The maximum atomic E-state index is 13.1. The van der Waals surface area contributed by atoms with Gasteiger partial charge in [0.1, 0.15) is 0 Å². The lowest BCUT2D eigenvalue weighted by atomic mass is 10.0. The SMILES string of the molecule is Nc1ccc(-c2ccc(C(F)(F)C(F)(F)F)cc2)cc1. The van der Waals surface area contributed by atoms with Gasteiger partial charge in [0.25, 0.3) is 0 Å². The van der Waals surface area contributed by atoms with Crippen LogP contribution in [0.15, 0.2) is 48.5 Å². The number of halogens is 5. The number of benzene rings is 2. The lowest BCUT2D eigenvalue weighted by Crippen LogP contribution is -2.33. The van der Waals surface area contributed by atoms with Crippen LogP contribution in [0.1, 0.15) is 5.56 Å². The van der Waals surface area contributed by atoms with E-state index in [1.165, 1.54) is 12.1 Å². The van der Waals surface area contributed by atoms with Gasteiger partial charge in [-0.15, -0.1) is 0 Å². The summed E-state index contributed by atoms with van der Waals surface area (Å²) in [4.78, 5) is 0. The molecule has 0 fully saturated rings. The van der Waals surface area contributed by atoms with Crippen molar-refractivity contribution in [2.45, 2.75) is 12.1 Å². The molecular weight excluding hydrogens is 277 g/mol. The fraction of sp³-hybridized carbons (Fsp3) is 0.143. The Labute approximate surface area is 111 Å². The summed E-state index contributed by atoms with van der Waals surface area (Å²) in [7, 11) is 0. The maximum absolute atomic E-state index is 13.1. The van der Waals surface area contributed by atoms with E-state index in [9.17, 15) is 22.0 Å². The Kier molecular flexibility index (Phi) is 3.41. The minimum Gasteiger partial charge on any atom is -0.399 e. The van der Waals surface area contributed by atoms with Gasteiger partial charge in [-0.2, -0.15) is 22.0 Å². The Hall–Kier alpha value is -2.11. The molecule has 2 aromatic rings. The van der Waals surface area contributed by atoms with Gasteiger partial charge in [-0.1, -0.05) is 36.4 Å². The van der Waals surface area contributed by atoms with Crippen molar-refractivity contribution in [3.05, 3.63) is 54.1 Å². The normalized spacial score (nSPS) is 12.4. The number of alkyl halides is 5. The first-order valence-electron chi connectivity index (χ1n) is 5.63. The zero-order valence-electron chi connectivity index (χ0n) is 10.1. The van der Waals surface area contributed by atoms with Crippen molar-refractivity contribution in [3.63, 3.8) is 0 Å². The average Bonchev–Trinajstić information content (AvgIpc) is 2.38. The Balaban J connectivity index is 2.33. The predicted molar refractivity (Wildman–Crippen MR) is 66.2 cm³/mol. The zero-order chi connectivity index (χ0) is 15.0. The highest BCUT2D eigenvalue weighted by Crippen LogP contribution is 2.44. The summed E-state index contributed by atoms with van der Waals surface area (Å²) in [6, 6.07) is 10.6. The van der Waals surface area contributed by atoms with Gasteiger partial charge in [0.15, 0.2) is 0 Å². The van der Waals surface area contributed by atoms with Crippen LogP contribution >= 0.6 is 0 Å². The molecule has 0 aromatic heterocycles. The van der Waals surface area contributed by atoms with Gasteiger partial charge >= 0.3 is 12.1 Å². The van der Waals surface area contributed by atoms with Crippen LogP contribution in [-0.2, 0) is 5.92 Å². The second-order valence-electron chi connectivity index (χ2n) is 4.27. The van der Waals surface area contributed by atoms with E-state index in [-0.39, 0.29) is 0 Å². The van der Waals surface area contributed by atoms with Gasteiger partial charge in [-0.3, -0.25) is 0 Å². The molecule has 0 amide bonds. The maximum Gasteiger partial charge on any atom is 0.458 e. The van der Waals surface area contributed by atoms with Crippen molar-refractivity contribution in [1.29, 1.82) is 0 Å². The molecule has 0 aliphatic rings. The number of rotatable bonds is 2. The third-order valence-electron chi connectivity index (χ3n) is 2.85. The minimum absolute atomic E-state index is 0.534. The first-order chi connectivity index (χ1) is 9.22. The largest absolute Gasteiger partial charge is 0.458 e. The first kappa shape index (κ1) is 14.3. The Morgan fingerprint density at radius 2 is 1.05 bits per heavy atom. The summed E-state index contributed by atoms with van der Waals surface area (Å²) in [6.07, 6.45) is -5.60. The fourth-order valence-electron chi connectivity index (χ4n) is 1.71. The summed E-state index contributed by atoms with van der Waals surface area (Å²) < 4.78 is 62.9. The van der Waals surface area contributed by atoms with E-state index in [4.69, 9.17) is 5.73 Å². The first-order valence-corrected chi connectivity index (χ1v) is 5.63. The van der Waals surface area contributed by atoms with Crippen LogP contribution in [0.4, 0.5) is 27.6 Å². The van der Waals surface area contributed by atoms with Crippen LogP contribution in [0, 0.1) is 0 Å². The van der Waals surface area contributed by atoms with Crippen molar-refractivity contribution in [2.75, 3.05) is 5.73 Å². The molecule has 0 bridgehead atoms. The Morgan fingerprint density at radius 1 is 0.650 bits per heavy atom. The molecule has 0 aliphatic carbocycles. The molecule has 0 aliphatic heterocycles. The molecule has 0 atom stereocenters. The van der Waals surface area contributed by atoms with E-state index in [0.717, 1.165) is 12.1 Å². The Morgan fingerprint density at radius 3 is 1.45 bits per heavy atom. The van der Waals surface area contributed by atoms with Crippen molar-refractivity contribution in [2.24, 2.45) is 0 Å². The van der Waals surface area contributed by atoms with Crippen molar-refractivity contribution < 1.29 is 22.0 Å². The van der Waals surface area contributed by atoms with Gasteiger partial charge in [0, 0.05) is 11.3 Å². The van der Waals surface area contributed by atoms with E-state index >= 15 is 0 Å². The summed E-state index contributed by atoms with van der Waals surface area (Å²) >= 11 is 0. The summed E-state index contributed by atoms with van der Waals surface area (Å²) in [5, 5.41) is 0. The fourth-order valence-corrected chi connectivity index (χ4v) is 1.71. The monoisotopic (exact) mass is 287 g/mol. The van der Waals surface area contributed by atoms with Gasteiger partial charge in [-0.25, -0.2) is 0 Å². The lowest BCUT2D eigenvalue weighted by Gasteiger charge is -2.20. The molecule has 106 valence electrons. The number of anilines is 1. The molecule has 0 saturated carbocycles. The van der Waals surface area contributed by atoms with Crippen LogP contribution in [0.3, 0.4) is 0 Å². The molecule has 6 heteroatoms. The van der Waals surface area contributed by atoms with E-state index in [1.807, 2.05) is 0 Å². The third kappa shape index (κ3) is 2.59. The van der Waals surface area contributed by atoms with Crippen molar-refractivity contribution >= 4 is 5.69 Å². The molecule has 1 nitrogen and oxygen atoms in total. The molecule has 2 rings (SSSR count). The molecule has 2 aromatic carbocycles. The smallest absolute Gasteiger partial charge is 0.399 e. The highest BCUT2D eigenvalue weighted by molar-refractivity contribution is 5.65. The topological polar surface area (TPSA) is 26.0 Å². The van der Waals surface area contributed by atoms with Crippen molar-refractivity contribution in [1.82, 2.24) is 0 Å². The van der Waals surface area contributed by atoms with E-state index in [0.29, 0.717) is 16.8 Å². The van der Waals surface area contributed by atoms with Crippen LogP contribution < -0.4 is 5.73 Å². The molecular formula is C14H10F5N. The molecule has 0 saturated heterocycles. The van der Waals surface area contributed by atoms with Gasteiger partial charge in [-0.05, 0) is 23.3 Å². The molecule has 0 radical (unpaired) electrons. The second-order valence-corrected chi connectivity index (χ2v) is 4.27. The minimum atomic E-state index is -5.60. The van der Waals surface area contributed by atoms with Crippen LogP contribution in [-0.4, -0.2) is 6.18 Å². The van der Waals surface area contributed by atoms with Crippen LogP contribution in [0.25, 0.3) is 11.1 Å². The molecule has 20 heavy (non-hydrogen) atoms. The standard InChI is InChI=1S/C14H10F5N/c15-13(16,14(17,18)19)11-5-1-9(2-6-11)10-3-7-12(20)8-4-10/h1-8H,20H2. The molecule has 0 heterocycles. The Bertz CT molecular complexity index is 584. The summed E-state index contributed by atoms with van der Waals surface area (Å²) in [6.45, 7) is 0. The number of nitrogen functional groups attached to an aromatic ring is 1. The predicted octanol–water partition coefficient (Wildman–Crippen LogP) is 4.59. The van der Waals surface area contributed by atoms with Crippen LogP contribution in [0.2, 0.25) is 0 Å². The zero-order valence-corrected chi connectivity index (χ0v) is 10.1. The lowest BCUT2D eigenvalue weighted by molar-refractivity contribution is -0.289. The summed E-state index contributed by atoms with van der Waals surface area (Å²) in [5.41, 5.74) is 6.18. The number of hydrogen-bond acceptors (Lipinski definition) is 1. The van der Waals surface area contributed by atoms with E-state index in [2.05, 4.69) is 0 Å². The van der Waals surface area contributed by atoms with Crippen molar-refractivity contribution in [3.8, 4) is 11.1 Å². The van der Waals surface area contributed by atoms with Gasteiger partial charge in [0.05, 0.1) is 0 Å².